The van der Waals surface area contributed by atoms with Crippen molar-refractivity contribution < 1.29 is 0 Å². The topological polar surface area (TPSA) is 28.2 Å². The number of nitrogens with zero attached hydrogens (tertiary/aromatic N) is 2. The first-order valence-corrected chi connectivity index (χ1v) is 7.20. The van der Waals surface area contributed by atoms with Crippen molar-refractivity contribution >= 4 is 11.3 Å². The average Bonchev–Trinajstić information content (AvgIpc) is 2.63. The van der Waals surface area contributed by atoms with Gasteiger partial charge >= 0.3 is 0 Å². The van der Waals surface area contributed by atoms with Crippen LogP contribution in [0, 0.1) is 12.8 Å². The molecule has 1 aromatic heterocycles. The molecule has 0 fully saturated rings. The van der Waals surface area contributed by atoms with E-state index >= 15 is 0 Å². The van der Waals surface area contributed by atoms with Crippen molar-refractivity contribution in [3.05, 3.63) is 16.1 Å². The Balaban J connectivity index is 2.19. The zero-order chi connectivity index (χ0) is 12.8. The summed E-state index contributed by atoms with van der Waals surface area (Å²) in [4.78, 5) is 6.79. The summed E-state index contributed by atoms with van der Waals surface area (Å²) in [5.74, 6) is 0.696. The molecule has 0 aliphatic carbocycles. The second kappa shape index (κ2) is 7.09. The molecule has 0 aromatic carbocycles. The minimum atomic E-state index is 0.588. The maximum Gasteiger partial charge on any atom is 0.0897 e. The van der Waals surface area contributed by atoms with Gasteiger partial charge in [0.25, 0.3) is 0 Å². The Morgan fingerprint density at radius 1 is 1.41 bits per heavy atom. The highest BCUT2D eigenvalue weighted by molar-refractivity contribution is 7.09. The second-order valence-corrected chi connectivity index (χ2v) is 6.14. The summed E-state index contributed by atoms with van der Waals surface area (Å²) in [7, 11) is 2.15. The molecule has 1 rings (SSSR count). The summed E-state index contributed by atoms with van der Waals surface area (Å²) in [6.07, 6.45) is 0. The van der Waals surface area contributed by atoms with Gasteiger partial charge in [-0.15, -0.1) is 11.3 Å². The van der Waals surface area contributed by atoms with Crippen LogP contribution in [0.5, 0.6) is 0 Å². The molecule has 0 saturated heterocycles. The predicted molar refractivity (Wildman–Crippen MR) is 75.5 cm³/mol. The van der Waals surface area contributed by atoms with Gasteiger partial charge in [0.05, 0.1) is 10.7 Å². The fraction of sp³-hybridized carbons (Fsp3) is 0.769. The Hall–Kier alpha value is -0.450. The third-order valence-corrected chi connectivity index (χ3v) is 3.88. The largest absolute Gasteiger partial charge is 0.313 e. The second-order valence-electron chi connectivity index (χ2n) is 5.08. The third-order valence-electron chi connectivity index (χ3n) is 3.06. The molecule has 17 heavy (non-hydrogen) atoms. The van der Waals surface area contributed by atoms with Crippen LogP contribution in [0.2, 0.25) is 0 Å². The van der Waals surface area contributed by atoms with Gasteiger partial charge in [-0.2, -0.15) is 0 Å². The van der Waals surface area contributed by atoms with Crippen molar-refractivity contribution in [2.75, 3.05) is 20.1 Å². The SMILES string of the molecule is Cc1nc(CN(C)CCNC(C)C(C)C)cs1. The van der Waals surface area contributed by atoms with E-state index in [1.807, 2.05) is 0 Å². The minimum absolute atomic E-state index is 0.588. The Morgan fingerprint density at radius 3 is 2.65 bits per heavy atom. The number of thiazole rings is 1. The molecule has 3 nitrogen and oxygen atoms in total. The van der Waals surface area contributed by atoms with Crippen molar-refractivity contribution in [1.82, 2.24) is 15.2 Å². The quantitative estimate of drug-likeness (QED) is 0.811. The molecule has 98 valence electrons. The molecule has 0 aliphatic rings. The highest BCUT2D eigenvalue weighted by Gasteiger charge is 2.07. The van der Waals surface area contributed by atoms with E-state index < -0.39 is 0 Å². The van der Waals surface area contributed by atoms with Gasteiger partial charge in [-0.05, 0) is 26.8 Å². The number of rotatable bonds is 7. The summed E-state index contributed by atoms with van der Waals surface area (Å²) in [6.45, 7) is 11.8. The predicted octanol–water partition coefficient (Wildman–Crippen LogP) is 2.52. The lowest BCUT2D eigenvalue weighted by Crippen LogP contribution is -2.36. The van der Waals surface area contributed by atoms with E-state index in [0.717, 1.165) is 24.6 Å². The number of hydrogen-bond acceptors (Lipinski definition) is 4. The third kappa shape index (κ3) is 5.61. The lowest BCUT2D eigenvalue weighted by atomic mass is 10.1. The molecule has 0 aliphatic heterocycles. The van der Waals surface area contributed by atoms with Crippen molar-refractivity contribution in [1.29, 1.82) is 0 Å². The first-order valence-electron chi connectivity index (χ1n) is 6.32. The lowest BCUT2D eigenvalue weighted by molar-refractivity contribution is 0.306. The van der Waals surface area contributed by atoms with E-state index in [1.54, 1.807) is 11.3 Å². The molecule has 0 saturated carbocycles. The van der Waals surface area contributed by atoms with Gasteiger partial charge in [-0.1, -0.05) is 13.8 Å². The number of aromatic nitrogens is 1. The lowest BCUT2D eigenvalue weighted by Gasteiger charge is -2.20. The van der Waals surface area contributed by atoms with Crippen LogP contribution in [0.15, 0.2) is 5.38 Å². The van der Waals surface area contributed by atoms with Gasteiger partial charge in [-0.3, -0.25) is 4.90 Å². The maximum absolute atomic E-state index is 4.48. The highest BCUT2D eigenvalue weighted by atomic mass is 32.1. The fourth-order valence-electron chi connectivity index (χ4n) is 1.56. The summed E-state index contributed by atoms with van der Waals surface area (Å²) >= 11 is 1.73. The monoisotopic (exact) mass is 255 g/mol. The van der Waals surface area contributed by atoms with Gasteiger partial charge in [0, 0.05) is 31.1 Å². The zero-order valence-electron chi connectivity index (χ0n) is 11.7. The Labute approximate surface area is 109 Å². The number of hydrogen-bond donors (Lipinski definition) is 1. The van der Waals surface area contributed by atoms with Crippen LogP contribution < -0.4 is 5.32 Å². The Morgan fingerprint density at radius 2 is 2.12 bits per heavy atom. The molecule has 0 bridgehead atoms. The van der Waals surface area contributed by atoms with Gasteiger partial charge in [0.2, 0.25) is 0 Å². The molecule has 0 radical (unpaired) electrons. The van der Waals surface area contributed by atoms with E-state index in [2.05, 4.69) is 55.3 Å². The average molecular weight is 255 g/mol. The van der Waals surface area contributed by atoms with Crippen LogP contribution in [-0.4, -0.2) is 36.1 Å². The first kappa shape index (κ1) is 14.6. The molecule has 1 heterocycles. The molecule has 0 amide bonds. The van der Waals surface area contributed by atoms with Crippen LogP contribution in [0.3, 0.4) is 0 Å². The normalized spacial score (nSPS) is 13.6. The molecular weight excluding hydrogens is 230 g/mol. The number of aryl methyl sites for hydroxylation is 1. The zero-order valence-corrected chi connectivity index (χ0v) is 12.5. The van der Waals surface area contributed by atoms with Gasteiger partial charge in [-0.25, -0.2) is 4.98 Å². The first-order chi connectivity index (χ1) is 7.99. The van der Waals surface area contributed by atoms with Crippen molar-refractivity contribution in [3.63, 3.8) is 0 Å². The molecule has 1 atom stereocenters. The van der Waals surface area contributed by atoms with Gasteiger partial charge < -0.3 is 5.32 Å². The van der Waals surface area contributed by atoms with Crippen molar-refractivity contribution in [2.24, 2.45) is 5.92 Å². The molecule has 0 spiro atoms. The van der Waals surface area contributed by atoms with Crippen LogP contribution in [0.4, 0.5) is 0 Å². The van der Waals surface area contributed by atoms with E-state index in [-0.39, 0.29) is 0 Å². The van der Waals surface area contributed by atoms with Crippen molar-refractivity contribution in [2.45, 2.75) is 40.3 Å². The molecule has 1 N–H and O–H groups in total. The summed E-state index contributed by atoms with van der Waals surface area (Å²) < 4.78 is 0. The standard InChI is InChI=1S/C13H25N3S/c1-10(2)11(3)14-6-7-16(5)8-13-9-17-12(4)15-13/h9-11,14H,6-8H2,1-5H3. The molecule has 1 unspecified atom stereocenters. The minimum Gasteiger partial charge on any atom is -0.313 e. The summed E-state index contributed by atoms with van der Waals surface area (Å²) in [5, 5.41) is 6.85. The molecule has 1 aromatic rings. The molecule has 4 heteroatoms. The summed E-state index contributed by atoms with van der Waals surface area (Å²) in [6, 6.07) is 0.588. The highest BCUT2D eigenvalue weighted by Crippen LogP contribution is 2.09. The Bertz CT molecular complexity index is 322. The Kier molecular flexibility index (Phi) is 6.09. The number of likely N-dealkylation sites (N-methyl/N-ethyl adjacent to an activating group) is 1. The fourth-order valence-corrected chi connectivity index (χ4v) is 2.16. The smallest absolute Gasteiger partial charge is 0.0897 e. The van der Waals surface area contributed by atoms with Crippen LogP contribution in [0.1, 0.15) is 31.5 Å². The molecular formula is C13H25N3S. The van der Waals surface area contributed by atoms with Crippen LogP contribution >= 0.6 is 11.3 Å². The maximum atomic E-state index is 4.48. The van der Waals surface area contributed by atoms with Gasteiger partial charge in [0.1, 0.15) is 0 Å². The van der Waals surface area contributed by atoms with Gasteiger partial charge in [0.15, 0.2) is 0 Å². The van der Waals surface area contributed by atoms with E-state index in [9.17, 15) is 0 Å². The van der Waals surface area contributed by atoms with Crippen LogP contribution in [0.25, 0.3) is 0 Å². The summed E-state index contributed by atoms with van der Waals surface area (Å²) in [5.41, 5.74) is 1.19. The van der Waals surface area contributed by atoms with E-state index in [0.29, 0.717) is 12.0 Å². The van der Waals surface area contributed by atoms with E-state index in [1.165, 1.54) is 5.69 Å². The number of nitrogens with one attached hydrogen (secondary N) is 1. The van der Waals surface area contributed by atoms with Crippen molar-refractivity contribution in [3.8, 4) is 0 Å². The van der Waals surface area contributed by atoms with E-state index in [4.69, 9.17) is 0 Å². The van der Waals surface area contributed by atoms with Crippen LogP contribution in [-0.2, 0) is 6.54 Å².